The second-order valence-electron chi connectivity index (χ2n) is 5.34. The second-order valence-corrected chi connectivity index (χ2v) is 6.62. The van der Waals surface area contributed by atoms with E-state index in [1.54, 1.807) is 0 Å². The van der Waals surface area contributed by atoms with Gasteiger partial charge in [0.05, 0.1) is 0 Å². The number of hydrogen-bond donors (Lipinski definition) is 3. The van der Waals surface area contributed by atoms with Crippen molar-refractivity contribution in [2.24, 2.45) is 16.3 Å². The first kappa shape index (κ1) is 13.5. The number of nitrogens with one attached hydrogen (secondary N) is 1. The molecule has 0 heterocycles. The molecule has 102 valence electrons. The number of amides is 1. The highest BCUT2D eigenvalue weighted by Gasteiger charge is 2.49. The third kappa shape index (κ3) is 2.06. The Hall–Kier alpha value is -0.910. The van der Waals surface area contributed by atoms with Crippen LogP contribution in [0.2, 0.25) is 0 Å². The molecule has 6 heteroatoms. The van der Waals surface area contributed by atoms with E-state index in [0.717, 1.165) is 19.3 Å². The Kier molecular flexibility index (Phi) is 3.75. The second kappa shape index (κ2) is 4.99. The lowest BCUT2D eigenvalue weighted by atomic mass is 9.67. The van der Waals surface area contributed by atoms with Crippen molar-refractivity contribution in [3.63, 3.8) is 0 Å². The summed E-state index contributed by atoms with van der Waals surface area (Å²) >= 11 is 1.83. The molecule has 0 atom stereocenters. The Morgan fingerprint density at radius 2 is 2.00 bits per heavy atom. The van der Waals surface area contributed by atoms with Crippen molar-refractivity contribution in [3.05, 3.63) is 0 Å². The van der Waals surface area contributed by atoms with E-state index in [1.807, 2.05) is 11.8 Å². The molecule has 2 aliphatic rings. The molecule has 5 nitrogen and oxygen atoms in total. The zero-order valence-electron chi connectivity index (χ0n) is 10.7. The van der Waals surface area contributed by atoms with E-state index < -0.39 is 5.41 Å². The molecule has 0 saturated heterocycles. The van der Waals surface area contributed by atoms with Crippen molar-refractivity contribution in [3.8, 4) is 0 Å². The Balaban J connectivity index is 1.95. The lowest BCUT2D eigenvalue weighted by Gasteiger charge is -2.43. The van der Waals surface area contributed by atoms with Gasteiger partial charge in [-0.05, 0) is 31.9 Å². The molecule has 0 spiro atoms. The third-order valence-corrected chi connectivity index (χ3v) is 5.93. The van der Waals surface area contributed by atoms with Crippen molar-refractivity contribution in [1.29, 1.82) is 0 Å². The summed E-state index contributed by atoms with van der Waals surface area (Å²) in [5, 5.41) is 14.8. The Bertz CT molecular complexity index is 357. The molecule has 2 fully saturated rings. The maximum atomic E-state index is 12.3. The van der Waals surface area contributed by atoms with E-state index in [1.165, 1.54) is 6.42 Å². The van der Waals surface area contributed by atoms with Gasteiger partial charge in [-0.2, -0.15) is 11.8 Å². The molecule has 1 amide bonds. The molecule has 2 aliphatic carbocycles. The number of oxime groups is 1. The molecule has 0 aromatic heterocycles. The summed E-state index contributed by atoms with van der Waals surface area (Å²) in [6.07, 6.45) is 7.96. The molecule has 2 saturated carbocycles. The summed E-state index contributed by atoms with van der Waals surface area (Å²) in [5.41, 5.74) is 4.91. The van der Waals surface area contributed by atoms with Gasteiger partial charge in [-0.25, -0.2) is 0 Å². The van der Waals surface area contributed by atoms with Gasteiger partial charge >= 0.3 is 0 Å². The van der Waals surface area contributed by atoms with Gasteiger partial charge in [-0.1, -0.05) is 18.0 Å². The molecule has 0 aromatic rings. The predicted octanol–water partition coefficient (Wildman–Crippen LogP) is 1.30. The van der Waals surface area contributed by atoms with Crippen LogP contribution in [0.25, 0.3) is 0 Å². The summed E-state index contributed by atoms with van der Waals surface area (Å²) in [6.45, 7) is 0.688. The fraction of sp³-hybridized carbons (Fsp3) is 0.833. The monoisotopic (exact) mass is 271 g/mol. The van der Waals surface area contributed by atoms with Gasteiger partial charge in [0.2, 0.25) is 5.91 Å². The van der Waals surface area contributed by atoms with Crippen molar-refractivity contribution in [1.82, 2.24) is 5.32 Å². The van der Waals surface area contributed by atoms with Gasteiger partial charge < -0.3 is 16.3 Å². The number of carbonyl (C=O) groups is 1. The van der Waals surface area contributed by atoms with E-state index in [4.69, 9.17) is 10.9 Å². The Morgan fingerprint density at radius 3 is 2.33 bits per heavy atom. The van der Waals surface area contributed by atoms with Crippen LogP contribution in [-0.2, 0) is 4.79 Å². The summed E-state index contributed by atoms with van der Waals surface area (Å²) in [5.74, 6) is -0.0255. The number of amidine groups is 1. The van der Waals surface area contributed by atoms with Crippen molar-refractivity contribution < 1.29 is 10.0 Å². The predicted molar refractivity (Wildman–Crippen MR) is 72.8 cm³/mol. The van der Waals surface area contributed by atoms with E-state index in [9.17, 15) is 4.79 Å². The Labute approximate surface area is 112 Å². The molecule has 0 bridgehead atoms. The summed E-state index contributed by atoms with van der Waals surface area (Å²) in [6, 6.07) is 0. The van der Waals surface area contributed by atoms with Crippen LogP contribution in [0.5, 0.6) is 0 Å². The average molecular weight is 271 g/mol. The van der Waals surface area contributed by atoms with Crippen LogP contribution in [-0.4, -0.2) is 34.5 Å². The van der Waals surface area contributed by atoms with Gasteiger partial charge in [0, 0.05) is 11.3 Å². The first-order valence-electron chi connectivity index (χ1n) is 6.40. The van der Waals surface area contributed by atoms with Crippen molar-refractivity contribution in [2.75, 3.05) is 12.8 Å². The van der Waals surface area contributed by atoms with Gasteiger partial charge in [-0.3, -0.25) is 4.79 Å². The molecule has 0 radical (unpaired) electrons. The molecule has 0 aromatic carbocycles. The largest absolute Gasteiger partial charge is 0.409 e. The minimum Gasteiger partial charge on any atom is -0.409 e. The van der Waals surface area contributed by atoms with E-state index in [-0.39, 0.29) is 16.5 Å². The van der Waals surface area contributed by atoms with Gasteiger partial charge in [0.1, 0.15) is 5.41 Å². The number of hydrogen-bond acceptors (Lipinski definition) is 4. The van der Waals surface area contributed by atoms with E-state index >= 15 is 0 Å². The van der Waals surface area contributed by atoms with Gasteiger partial charge in [-0.15, -0.1) is 0 Å². The summed E-state index contributed by atoms with van der Waals surface area (Å²) in [4.78, 5) is 12.3. The minimum atomic E-state index is -0.752. The fourth-order valence-electron chi connectivity index (χ4n) is 2.66. The van der Waals surface area contributed by atoms with Crippen LogP contribution < -0.4 is 11.1 Å². The zero-order valence-corrected chi connectivity index (χ0v) is 11.6. The SMILES string of the molecule is CSC1(CNC(=O)C2(C(N)=NO)CCC2)CCC1. The molecule has 4 N–H and O–H groups in total. The van der Waals surface area contributed by atoms with Crippen LogP contribution in [0.3, 0.4) is 0 Å². The standard InChI is InChI=1S/C12H21N3O2S/c1-18-11(4-2-5-11)8-14-10(16)12(6-3-7-12)9(13)15-17/h17H,2-8H2,1H3,(H2,13,15)(H,14,16). The molecule has 0 unspecified atom stereocenters. The van der Waals surface area contributed by atoms with Crippen LogP contribution in [0.15, 0.2) is 5.16 Å². The molecular formula is C12H21N3O2S. The van der Waals surface area contributed by atoms with Gasteiger partial charge in [0.15, 0.2) is 5.84 Å². The van der Waals surface area contributed by atoms with Crippen LogP contribution >= 0.6 is 11.8 Å². The first-order valence-corrected chi connectivity index (χ1v) is 7.62. The van der Waals surface area contributed by atoms with Crippen molar-refractivity contribution in [2.45, 2.75) is 43.3 Å². The zero-order chi connectivity index (χ0) is 13.2. The quantitative estimate of drug-likeness (QED) is 0.304. The number of nitrogens with two attached hydrogens (primary N) is 1. The first-order chi connectivity index (χ1) is 8.58. The molecule has 0 aliphatic heterocycles. The average Bonchev–Trinajstić information content (AvgIpc) is 2.26. The Morgan fingerprint density at radius 1 is 1.39 bits per heavy atom. The number of rotatable bonds is 5. The van der Waals surface area contributed by atoms with Crippen LogP contribution in [0.1, 0.15) is 38.5 Å². The highest BCUT2D eigenvalue weighted by atomic mass is 32.2. The third-order valence-electron chi connectivity index (χ3n) is 4.51. The summed E-state index contributed by atoms with van der Waals surface area (Å²) in [7, 11) is 0. The highest BCUT2D eigenvalue weighted by Crippen LogP contribution is 2.44. The van der Waals surface area contributed by atoms with Crippen LogP contribution in [0.4, 0.5) is 0 Å². The maximum Gasteiger partial charge on any atom is 0.234 e. The molecule has 2 rings (SSSR count). The van der Waals surface area contributed by atoms with Crippen molar-refractivity contribution >= 4 is 23.5 Å². The normalized spacial score (nSPS) is 24.8. The summed E-state index contributed by atoms with van der Waals surface area (Å²) < 4.78 is 0.214. The van der Waals surface area contributed by atoms with E-state index in [0.29, 0.717) is 19.4 Å². The van der Waals surface area contributed by atoms with Crippen LogP contribution in [0, 0.1) is 5.41 Å². The topological polar surface area (TPSA) is 87.7 Å². The number of thioether (sulfide) groups is 1. The number of nitrogens with zero attached hydrogens (tertiary/aromatic N) is 1. The van der Waals surface area contributed by atoms with E-state index in [2.05, 4.69) is 16.7 Å². The minimum absolute atomic E-state index is 0.0538. The lowest BCUT2D eigenvalue weighted by molar-refractivity contribution is -0.131. The fourth-order valence-corrected chi connectivity index (χ4v) is 3.57. The molecular weight excluding hydrogens is 250 g/mol. The lowest BCUT2D eigenvalue weighted by Crippen LogP contribution is -2.56. The smallest absolute Gasteiger partial charge is 0.234 e. The van der Waals surface area contributed by atoms with Gasteiger partial charge in [0.25, 0.3) is 0 Å². The maximum absolute atomic E-state index is 12.3. The number of carbonyl (C=O) groups excluding carboxylic acids is 1. The molecule has 18 heavy (non-hydrogen) atoms. The highest BCUT2D eigenvalue weighted by molar-refractivity contribution is 8.00.